The maximum Gasteiger partial charge on any atom is 0.407 e. The molecule has 0 spiro atoms. The van der Waals surface area contributed by atoms with Gasteiger partial charge in [-0.2, -0.15) is 0 Å². The van der Waals surface area contributed by atoms with Gasteiger partial charge in [0.25, 0.3) is 0 Å². The molecule has 3 atom stereocenters. The molecule has 1 aliphatic rings. The van der Waals surface area contributed by atoms with Gasteiger partial charge in [-0.3, -0.25) is 4.90 Å². The molecule has 0 radical (unpaired) electrons. The van der Waals surface area contributed by atoms with Crippen LogP contribution in [0.3, 0.4) is 0 Å². The average molecular weight is 328 g/mol. The topological polar surface area (TPSA) is 67.6 Å². The Morgan fingerprint density at radius 3 is 2.43 bits per heavy atom. The fraction of sp³-hybridized carbons (Fsp3) is 0.944. The summed E-state index contributed by atoms with van der Waals surface area (Å²) in [6.07, 6.45) is 3.35. The fourth-order valence-electron chi connectivity index (χ4n) is 3.40. The molecule has 0 saturated carbocycles. The fourth-order valence-corrected chi connectivity index (χ4v) is 3.40. The van der Waals surface area contributed by atoms with Crippen molar-refractivity contribution in [2.24, 2.45) is 17.6 Å². The van der Waals surface area contributed by atoms with Crippen molar-refractivity contribution in [3.8, 4) is 0 Å². The van der Waals surface area contributed by atoms with Crippen LogP contribution >= 0.6 is 0 Å². The number of alkyl carbamates (subject to hydrolysis) is 1. The SMILES string of the molecule is CC(C)C1CCCN(C(CN)C(C)NC(=O)OC(C)(C)C)CC1. The van der Waals surface area contributed by atoms with Crippen molar-refractivity contribution in [2.45, 2.75) is 78.5 Å². The predicted molar refractivity (Wildman–Crippen MR) is 95.4 cm³/mol. The number of amides is 1. The third kappa shape index (κ3) is 7.08. The Balaban J connectivity index is 2.59. The van der Waals surface area contributed by atoms with Gasteiger partial charge in [-0.25, -0.2) is 4.79 Å². The maximum absolute atomic E-state index is 12.0. The molecule has 136 valence electrons. The Labute approximate surface area is 142 Å². The number of hydrogen-bond acceptors (Lipinski definition) is 4. The minimum Gasteiger partial charge on any atom is -0.444 e. The molecular weight excluding hydrogens is 290 g/mol. The third-order valence-corrected chi connectivity index (χ3v) is 4.78. The molecule has 1 heterocycles. The lowest BCUT2D eigenvalue weighted by Gasteiger charge is -2.35. The molecule has 0 aromatic rings. The minimum absolute atomic E-state index is 0.0227. The van der Waals surface area contributed by atoms with E-state index < -0.39 is 5.60 Å². The number of carbonyl (C=O) groups is 1. The first kappa shape index (κ1) is 20.2. The van der Waals surface area contributed by atoms with Crippen molar-refractivity contribution < 1.29 is 9.53 Å². The number of nitrogens with two attached hydrogens (primary N) is 1. The second kappa shape index (κ2) is 8.88. The summed E-state index contributed by atoms with van der Waals surface area (Å²) in [6.45, 7) is 14.9. The molecule has 1 aliphatic heterocycles. The zero-order valence-corrected chi connectivity index (χ0v) is 15.9. The number of nitrogens with one attached hydrogen (secondary N) is 1. The smallest absolute Gasteiger partial charge is 0.407 e. The largest absolute Gasteiger partial charge is 0.444 e. The molecule has 23 heavy (non-hydrogen) atoms. The second-order valence-electron chi connectivity index (χ2n) is 8.21. The van der Waals surface area contributed by atoms with Crippen LogP contribution in [0.5, 0.6) is 0 Å². The minimum atomic E-state index is -0.477. The molecular formula is C18H37N3O2. The summed E-state index contributed by atoms with van der Waals surface area (Å²) in [5.41, 5.74) is 5.54. The quantitative estimate of drug-likeness (QED) is 0.814. The normalized spacial score (nSPS) is 23.2. The summed E-state index contributed by atoms with van der Waals surface area (Å²) >= 11 is 0. The summed E-state index contributed by atoms with van der Waals surface area (Å²) in [6, 6.07) is 0.138. The lowest BCUT2D eigenvalue weighted by Crippen LogP contribution is -2.54. The number of nitrogens with zero attached hydrogens (tertiary/aromatic N) is 1. The highest BCUT2D eigenvalue weighted by Gasteiger charge is 2.29. The standard InChI is InChI=1S/C18H37N3O2/c1-13(2)15-8-7-10-21(11-9-15)16(12-19)14(3)20-17(22)23-18(4,5)6/h13-16H,7-12,19H2,1-6H3,(H,20,22). The van der Waals surface area contributed by atoms with Crippen LogP contribution in [0, 0.1) is 11.8 Å². The van der Waals surface area contributed by atoms with E-state index in [2.05, 4.69) is 24.1 Å². The summed E-state index contributed by atoms with van der Waals surface area (Å²) in [5, 5.41) is 2.96. The van der Waals surface area contributed by atoms with Crippen LogP contribution in [-0.2, 0) is 4.74 Å². The first-order valence-corrected chi connectivity index (χ1v) is 9.07. The van der Waals surface area contributed by atoms with Gasteiger partial charge < -0.3 is 15.8 Å². The predicted octanol–water partition coefficient (Wildman–Crippen LogP) is 2.99. The molecule has 1 rings (SSSR count). The molecule has 0 aromatic heterocycles. The molecule has 0 bridgehead atoms. The van der Waals surface area contributed by atoms with Crippen molar-refractivity contribution in [3.05, 3.63) is 0 Å². The van der Waals surface area contributed by atoms with E-state index in [4.69, 9.17) is 10.5 Å². The van der Waals surface area contributed by atoms with E-state index >= 15 is 0 Å². The lowest BCUT2D eigenvalue weighted by molar-refractivity contribution is 0.0470. The summed E-state index contributed by atoms with van der Waals surface area (Å²) in [7, 11) is 0. The zero-order chi connectivity index (χ0) is 17.6. The highest BCUT2D eigenvalue weighted by Crippen LogP contribution is 2.25. The van der Waals surface area contributed by atoms with Crippen LogP contribution in [0.25, 0.3) is 0 Å². The van der Waals surface area contributed by atoms with Crippen LogP contribution in [0.4, 0.5) is 4.79 Å². The molecule has 3 unspecified atom stereocenters. The van der Waals surface area contributed by atoms with E-state index in [0.717, 1.165) is 24.9 Å². The molecule has 5 heteroatoms. The van der Waals surface area contributed by atoms with Gasteiger partial charge >= 0.3 is 6.09 Å². The van der Waals surface area contributed by atoms with Gasteiger partial charge in [0.1, 0.15) is 5.60 Å². The third-order valence-electron chi connectivity index (χ3n) is 4.78. The van der Waals surface area contributed by atoms with Crippen LogP contribution in [0.1, 0.15) is 60.8 Å². The monoisotopic (exact) mass is 327 g/mol. The Hall–Kier alpha value is -0.810. The highest BCUT2D eigenvalue weighted by atomic mass is 16.6. The van der Waals surface area contributed by atoms with E-state index in [9.17, 15) is 4.79 Å². The first-order valence-electron chi connectivity index (χ1n) is 9.07. The lowest BCUT2D eigenvalue weighted by atomic mass is 9.89. The average Bonchev–Trinajstić information content (AvgIpc) is 2.63. The van der Waals surface area contributed by atoms with E-state index in [1.165, 1.54) is 19.3 Å². The zero-order valence-electron chi connectivity index (χ0n) is 15.9. The van der Waals surface area contributed by atoms with E-state index in [-0.39, 0.29) is 18.2 Å². The van der Waals surface area contributed by atoms with Gasteiger partial charge in [-0.15, -0.1) is 0 Å². The van der Waals surface area contributed by atoms with E-state index in [1.54, 1.807) is 0 Å². The number of hydrogen-bond donors (Lipinski definition) is 2. The Bertz CT molecular complexity index is 366. The van der Waals surface area contributed by atoms with Gasteiger partial charge in [0.05, 0.1) is 0 Å². The second-order valence-corrected chi connectivity index (χ2v) is 8.21. The van der Waals surface area contributed by atoms with Gasteiger partial charge in [0.2, 0.25) is 0 Å². The number of rotatable bonds is 5. The van der Waals surface area contributed by atoms with Crippen LogP contribution in [0.15, 0.2) is 0 Å². The Morgan fingerprint density at radius 1 is 1.26 bits per heavy atom. The number of ether oxygens (including phenoxy) is 1. The summed E-state index contributed by atoms with van der Waals surface area (Å²) < 4.78 is 5.35. The number of likely N-dealkylation sites (tertiary alicyclic amines) is 1. The molecule has 0 aromatic carbocycles. The maximum atomic E-state index is 12.0. The number of carbonyl (C=O) groups excluding carboxylic acids is 1. The van der Waals surface area contributed by atoms with Gasteiger partial charge in [-0.1, -0.05) is 13.8 Å². The Kier molecular flexibility index (Phi) is 7.81. The Morgan fingerprint density at radius 2 is 1.91 bits per heavy atom. The van der Waals surface area contributed by atoms with Crippen molar-refractivity contribution in [1.82, 2.24) is 10.2 Å². The van der Waals surface area contributed by atoms with Crippen molar-refractivity contribution in [2.75, 3.05) is 19.6 Å². The summed E-state index contributed by atoms with van der Waals surface area (Å²) in [4.78, 5) is 14.4. The van der Waals surface area contributed by atoms with E-state index in [0.29, 0.717) is 6.54 Å². The highest BCUT2D eigenvalue weighted by molar-refractivity contribution is 5.68. The van der Waals surface area contributed by atoms with E-state index in [1.807, 2.05) is 27.7 Å². The molecule has 0 aliphatic carbocycles. The molecule has 3 N–H and O–H groups in total. The van der Waals surface area contributed by atoms with Crippen LogP contribution in [-0.4, -0.2) is 48.3 Å². The van der Waals surface area contributed by atoms with Crippen molar-refractivity contribution >= 4 is 6.09 Å². The summed E-state index contributed by atoms with van der Waals surface area (Å²) in [5.74, 6) is 1.54. The van der Waals surface area contributed by atoms with Crippen molar-refractivity contribution in [3.63, 3.8) is 0 Å². The molecule has 1 fully saturated rings. The molecule has 5 nitrogen and oxygen atoms in total. The van der Waals surface area contributed by atoms with Gasteiger partial charge in [0, 0.05) is 18.6 Å². The molecule has 1 saturated heterocycles. The first-order chi connectivity index (χ1) is 10.6. The van der Waals surface area contributed by atoms with Crippen LogP contribution in [0.2, 0.25) is 0 Å². The van der Waals surface area contributed by atoms with Gasteiger partial charge in [0.15, 0.2) is 0 Å². The van der Waals surface area contributed by atoms with Gasteiger partial charge in [-0.05, 0) is 71.9 Å². The van der Waals surface area contributed by atoms with Crippen molar-refractivity contribution in [1.29, 1.82) is 0 Å². The van der Waals surface area contributed by atoms with Crippen LogP contribution < -0.4 is 11.1 Å². The molecule has 1 amide bonds.